The summed E-state index contributed by atoms with van der Waals surface area (Å²) in [5, 5.41) is 69.2. The number of aliphatic carboxylic acids is 1. The zero-order valence-corrected chi connectivity index (χ0v) is 68.7. The molecule has 6 fully saturated rings. The molecule has 7 heterocycles. The van der Waals surface area contributed by atoms with Crippen LogP contribution in [0.2, 0.25) is 0 Å². The van der Waals surface area contributed by atoms with Gasteiger partial charge in [0.1, 0.15) is 48.9 Å². The summed E-state index contributed by atoms with van der Waals surface area (Å²) < 4.78 is 58.9. The van der Waals surface area contributed by atoms with E-state index in [2.05, 4.69) is 40.1 Å². The number of carboxylic acid groups (broad SMARTS) is 2. The number of ether oxygens (including phenoxy) is 4. The number of para-hydroxylation sites is 1. The van der Waals surface area contributed by atoms with Crippen LogP contribution in [0.1, 0.15) is 141 Å². The van der Waals surface area contributed by atoms with Crippen LogP contribution in [0, 0.1) is 29.1 Å². The topological polar surface area (TPSA) is 511 Å². The van der Waals surface area contributed by atoms with Crippen LogP contribution in [0.25, 0.3) is 21.3 Å². The number of nitrogens with two attached hydrogens (primary N) is 1. The lowest BCUT2D eigenvalue weighted by Crippen LogP contribution is -2.64. The summed E-state index contributed by atoms with van der Waals surface area (Å²) >= 11 is 1.38. The summed E-state index contributed by atoms with van der Waals surface area (Å²) in [4.78, 5) is 161. The number of fused-ring (bicyclic) bond motifs is 2. The molecule has 3 aromatic carbocycles. The molecule has 120 heavy (non-hydrogen) atoms. The number of anilines is 3. The predicted octanol–water partition coefficient (Wildman–Crippen LogP) is 4.28. The number of imide groups is 1. The molecular formula is C82H99N13O23S2. The van der Waals surface area contributed by atoms with Crippen molar-refractivity contribution in [2.24, 2.45) is 27.9 Å². The predicted molar refractivity (Wildman–Crippen MR) is 431 cm³/mol. The van der Waals surface area contributed by atoms with Crippen LogP contribution in [0.15, 0.2) is 91.1 Å². The molecule has 12 N–H and O–H groups in total. The molecule has 6 aromatic rings. The molecule has 14 rings (SSSR count). The molecule has 4 saturated carbocycles. The number of aromatic carboxylic acids is 1. The number of aromatic nitrogens is 4. The fourth-order valence-electron chi connectivity index (χ4n) is 19.4. The number of aliphatic hydroxyl groups is 3. The van der Waals surface area contributed by atoms with Gasteiger partial charge in [-0.2, -0.15) is 13.5 Å². The number of hydrogen-bond donors (Lipinski definition) is 11. The smallest absolute Gasteiger partial charge is 0.410 e. The highest BCUT2D eigenvalue weighted by Gasteiger charge is 2.66. The van der Waals surface area contributed by atoms with Crippen LogP contribution in [-0.2, 0) is 100.0 Å². The van der Waals surface area contributed by atoms with Crippen molar-refractivity contribution in [2.75, 3.05) is 67.3 Å². The average molecular weight is 1700 g/mol. The first-order valence-electron chi connectivity index (χ1n) is 39.8. The van der Waals surface area contributed by atoms with Gasteiger partial charge in [0.05, 0.1) is 66.3 Å². The monoisotopic (exact) mass is 1700 g/mol. The number of benzene rings is 3. The van der Waals surface area contributed by atoms with Crippen LogP contribution in [0.4, 0.5) is 21.4 Å². The molecular weight excluding hydrogens is 1600 g/mol. The largest absolute Gasteiger partial charge is 0.479 e. The average Bonchev–Trinajstić information content (AvgIpc) is 0.864. The van der Waals surface area contributed by atoms with E-state index in [-0.39, 0.29) is 85.5 Å². The summed E-state index contributed by atoms with van der Waals surface area (Å²) in [7, 11) is -4.43. The number of rotatable bonds is 34. The Morgan fingerprint density at radius 3 is 2.23 bits per heavy atom. The Hall–Kier alpha value is -10.7. The summed E-state index contributed by atoms with van der Waals surface area (Å²) in [6.45, 7) is 10.2. The SMILES string of the molecule is Cc1c(-c2ccc(N3CCc4cccc(C(=O)Nc5nc6ccccc6s5)c4C3)nc2C(=O)O)cnn1CC12CC3(C)CC(C)(C1)CC(OCCN(CCC(N)=O)C(=O)OCc1ccc(NC(=O)[C@H](C)NC(=O)[C@@H](NC(=O)CN4C(=O)[C@@H](N5C(=O)C=CC5=O)C[C@H]4COCCS(=O)(=O)O)C(C)C)cc1CC[C@@H]1O[C@H](C(=O)O)[C@@H](O)[C@H](O)[C@H]1O)(C3)C2. The third-order valence-electron chi connectivity index (χ3n) is 23.9. The van der Waals surface area contributed by atoms with Crippen LogP contribution >= 0.6 is 11.3 Å². The number of amides is 9. The first-order chi connectivity index (χ1) is 56.8. The molecule has 9 amide bonds. The van der Waals surface area contributed by atoms with E-state index < -0.39 is 161 Å². The Morgan fingerprint density at radius 1 is 0.808 bits per heavy atom. The molecule has 3 aromatic heterocycles. The molecule has 2 unspecified atom stereocenters. The van der Waals surface area contributed by atoms with Crippen molar-refractivity contribution >= 4 is 114 Å². The Balaban J connectivity index is 0.660. The van der Waals surface area contributed by atoms with Gasteiger partial charge in [0.2, 0.25) is 29.5 Å². The second kappa shape index (κ2) is 35.2. The second-order valence-electron chi connectivity index (χ2n) is 33.7. The minimum atomic E-state index is -4.43. The molecule has 2 saturated heterocycles. The number of nitrogens with one attached hydrogen (secondary N) is 4. The number of carbonyl (C=O) groups is 11. The van der Waals surface area contributed by atoms with Crippen molar-refractivity contribution < 1.29 is 110 Å². The molecule has 38 heteroatoms. The number of primary amides is 1. The number of hydrogen-bond acceptors (Lipinski definition) is 25. The maximum absolute atomic E-state index is 14.5. The first kappa shape index (κ1) is 87.1. The maximum atomic E-state index is 14.5. The van der Waals surface area contributed by atoms with Gasteiger partial charge in [0, 0.05) is 85.8 Å². The fraction of sp³-hybridized carbons (Fsp3) is 0.512. The zero-order chi connectivity index (χ0) is 86.2. The highest BCUT2D eigenvalue weighted by Crippen LogP contribution is 2.72. The van der Waals surface area contributed by atoms with E-state index >= 15 is 0 Å². The number of aryl methyl sites for hydroxylation is 1. The van der Waals surface area contributed by atoms with Crippen molar-refractivity contribution in [1.82, 2.24) is 45.1 Å². The highest BCUT2D eigenvalue weighted by atomic mass is 32.2. The van der Waals surface area contributed by atoms with Crippen molar-refractivity contribution in [3.05, 3.63) is 130 Å². The third-order valence-corrected chi connectivity index (χ3v) is 25.5. The van der Waals surface area contributed by atoms with Gasteiger partial charge in [0.15, 0.2) is 16.9 Å². The van der Waals surface area contributed by atoms with E-state index in [0.29, 0.717) is 71.2 Å². The molecule has 4 aliphatic carbocycles. The van der Waals surface area contributed by atoms with Crippen molar-refractivity contribution in [1.29, 1.82) is 0 Å². The quantitative estimate of drug-likeness (QED) is 0.0153. The van der Waals surface area contributed by atoms with Gasteiger partial charge in [-0.1, -0.05) is 69.4 Å². The number of aliphatic hydroxyl groups excluding tert-OH is 3. The van der Waals surface area contributed by atoms with E-state index in [9.17, 15) is 91.2 Å². The molecule has 0 spiro atoms. The Bertz CT molecular complexity index is 5120. The fourth-order valence-corrected chi connectivity index (χ4v) is 20.6. The van der Waals surface area contributed by atoms with Gasteiger partial charge in [-0.25, -0.2) is 24.4 Å². The van der Waals surface area contributed by atoms with E-state index in [1.165, 1.54) is 41.4 Å². The Labute approximate surface area is 694 Å². The standard InChI is InChI=1S/C82H99N13O23S2/c1-44(2)65(89-62(97)34-93-51(36-115-28-29-120(112,113)114)31-57(74(93)106)95-63(98)20-21-64(95)99)73(105)85-45(3)71(103)86-50-16-14-49(48(30-50)15-18-58-67(100)68(101)69(102)70(118-58)76(109)110)35-116-78(111)91(25-23-60(83)96)26-27-117-82-40-79(5)37-80(6,41-82)39-81(38-79,42-82)43-94-46(4)54(32-84-94)52-17-19-61(88-66(52)75(107)108)92-24-22-47-10-9-11-53(55(47)33-92)72(104)90-77-87-56-12-7-8-13-59(56)119-77/h7-14,16-17,19-21,30,32,44-45,51,57-58,65,67-70,100-102H,15,18,22-29,31,33-43H2,1-6H3,(H2,83,96)(H,85,105)(H,86,103)(H,89,97)(H,107,108)(H,109,110)(H,87,90,104)(H,112,113,114)/t45-,51-,57-,58-,65-,67-,68+,69-,70-,79?,80?,81?,82?/m0/s1. The minimum absolute atomic E-state index is 0.0265. The van der Waals surface area contributed by atoms with E-state index in [4.69, 9.17) is 34.8 Å². The number of carbonyl (C=O) groups excluding carboxylic acids is 9. The maximum Gasteiger partial charge on any atom is 0.410 e. The van der Waals surface area contributed by atoms with Crippen molar-refractivity contribution in [3.8, 4) is 11.1 Å². The lowest BCUT2D eigenvalue weighted by Gasteiger charge is -2.69. The lowest BCUT2D eigenvalue weighted by atomic mass is 9.39. The molecule has 8 aliphatic rings. The molecule has 642 valence electrons. The van der Waals surface area contributed by atoms with E-state index in [0.717, 1.165) is 81.1 Å². The number of carboxylic acids is 2. The van der Waals surface area contributed by atoms with Gasteiger partial charge >= 0.3 is 18.0 Å². The summed E-state index contributed by atoms with van der Waals surface area (Å²) in [6.07, 6.45) is -1.53. The van der Waals surface area contributed by atoms with E-state index in [1.807, 2.05) is 52.9 Å². The summed E-state index contributed by atoms with van der Waals surface area (Å²) in [5.41, 5.74) is 9.88. The van der Waals surface area contributed by atoms with Crippen LogP contribution in [0.3, 0.4) is 0 Å². The molecule has 11 atom stereocenters. The van der Waals surface area contributed by atoms with Gasteiger partial charge in [-0.05, 0) is 159 Å². The van der Waals surface area contributed by atoms with Gasteiger partial charge < -0.3 is 80.9 Å². The second-order valence-corrected chi connectivity index (χ2v) is 36.4. The number of nitrogens with zero attached hydrogens (tertiary/aromatic N) is 8. The zero-order valence-electron chi connectivity index (χ0n) is 67.1. The number of thiazole rings is 1. The number of likely N-dealkylation sites (tertiary alicyclic amines) is 1. The normalized spacial score (nSPS) is 25.5. The number of pyridine rings is 1. The summed E-state index contributed by atoms with van der Waals surface area (Å²) in [6, 6.07) is 16.3. The molecule has 4 aliphatic heterocycles. The van der Waals surface area contributed by atoms with Crippen LogP contribution < -0.4 is 31.9 Å². The van der Waals surface area contributed by atoms with Gasteiger partial charge in [0.25, 0.3) is 27.8 Å². The van der Waals surface area contributed by atoms with Crippen molar-refractivity contribution in [2.45, 2.75) is 192 Å². The van der Waals surface area contributed by atoms with Gasteiger partial charge in [-0.15, -0.1) is 0 Å². The first-order valence-corrected chi connectivity index (χ1v) is 42.2. The summed E-state index contributed by atoms with van der Waals surface area (Å²) in [5.74, 6) is -9.64. The molecule has 4 bridgehead atoms. The van der Waals surface area contributed by atoms with Gasteiger partial charge in [-0.3, -0.25) is 57.8 Å². The van der Waals surface area contributed by atoms with Crippen LogP contribution in [0.5, 0.6) is 0 Å². The van der Waals surface area contributed by atoms with E-state index in [1.54, 1.807) is 38.2 Å². The lowest BCUT2D eigenvalue weighted by molar-refractivity contribution is -0.248. The third kappa shape index (κ3) is 19.3. The molecule has 36 nitrogen and oxygen atoms in total. The Morgan fingerprint density at radius 2 is 1.54 bits per heavy atom. The van der Waals surface area contributed by atoms with Crippen LogP contribution in [-0.4, -0.2) is 250 Å². The van der Waals surface area contributed by atoms with Crippen molar-refractivity contribution in [3.63, 3.8) is 0 Å². The minimum Gasteiger partial charge on any atom is -0.479 e. The highest BCUT2D eigenvalue weighted by molar-refractivity contribution is 7.85. The molecule has 0 radical (unpaired) electrons. The Kier molecular flexibility index (Phi) is 25.5.